The van der Waals surface area contributed by atoms with Gasteiger partial charge in [0, 0.05) is 50.3 Å². The van der Waals surface area contributed by atoms with Gasteiger partial charge in [-0.1, -0.05) is 12.1 Å². The van der Waals surface area contributed by atoms with E-state index < -0.39 is 0 Å². The van der Waals surface area contributed by atoms with Gasteiger partial charge in [-0.25, -0.2) is 0 Å². The van der Waals surface area contributed by atoms with Gasteiger partial charge in [0.1, 0.15) is 0 Å². The highest BCUT2D eigenvalue weighted by Gasteiger charge is 2.18. The molecule has 1 unspecified atom stereocenters. The summed E-state index contributed by atoms with van der Waals surface area (Å²) in [6.07, 6.45) is 4.39. The van der Waals surface area contributed by atoms with Crippen molar-refractivity contribution in [3.05, 3.63) is 48.3 Å². The minimum Gasteiger partial charge on any atom is -0.378 e. The number of carbonyl (C=O) groups is 1. The lowest BCUT2D eigenvalue weighted by molar-refractivity contribution is 0.0939. The van der Waals surface area contributed by atoms with Gasteiger partial charge in [0.2, 0.25) is 0 Å². The highest BCUT2D eigenvalue weighted by atomic mass is 35.5. The lowest BCUT2D eigenvalue weighted by Crippen LogP contribution is -2.36. The van der Waals surface area contributed by atoms with Crippen molar-refractivity contribution in [1.29, 1.82) is 0 Å². The maximum absolute atomic E-state index is 12.3. The second-order valence-electron chi connectivity index (χ2n) is 6.07. The van der Waals surface area contributed by atoms with Crippen LogP contribution in [0.4, 0.5) is 5.69 Å². The lowest BCUT2D eigenvalue weighted by atomic mass is 10.0. The van der Waals surface area contributed by atoms with Gasteiger partial charge in [-0.3, -0.25) is 9.78 Å². The maximum Gasteiger partial charge on any atom is 0.253 e. The number of hydrogen-bond donors (Lipinski definition) is 2. The molecule has 7 heteroatoms. The Morgan fingerprint density at radius 2 is 1.88 bits per heavy atom. The Labute approximate surface area is 161 Å². The summed E-state index contributed by atoms with van der Waals surface area (Å²) in [4.78, 5) is 18.6. The Balaban J connectivity index is 0.00000156. The molecule has 2 heterocycles. The molecule has 1 aromatic heterocycles. The highest BCUT2D eigenvalue weighted by molar-refractivity contribution is 5.95. The van der Waals surface area contributed by atoms with E-state index in [-0.39, 0.29) is 36.8 Å². The summed E-state index contributed by atoms with van der Waals surface area (Å²) in [5.74, 6) is -0.0574. The van der Waals surface area contributed by atoms with Crippen molar-refractivity contribution in [2.24, 2.45) is 0 Å². The molecule has 1 fully saturated rings. The number of halogens is 2. The number of amides is 1. The van der Waals surface area contributed by atoms with Crippen molar-refractivity contribution in [1.82, 2.24) is 15.6 Å². The van der Waals surface area contributed by atoms with Crippen LogP contribution in [-0.2, 0) is 0 Å². The summed E-state index contributed by atoms with van der Waals surface area (Å²) in [6.45, 7) is 1.80. The van der Waals surface area contributed by atoms with E-state index in [1.165, 1.54) is 0 Å². The first-order valence-electron chi connectivity index (χ1n) is 7.88. The molecule has 1 atom stereocenters. The number of nitrogens with zero attached hydrogens (tertiary/aromatic N) is 2. The Hall–Kier alpha value is -1.82. The smallest absolute Gasteiger partial charge is 0.253 e. The fourth-order valence-electron chi connectivity index (χ4n) is 2.72. The summed E-state index contributed by atoms with van der Waals surface area (Å²) in [5, 5.41) is 6.30. The van der Waals surface area contributed by atoms with E-state index in [0.717, 1.165) is 36.3 Å². The number of pyridine rings is 1. The third-order valence-electron chi connectivity index (χ3n) is 4.11. The van der Waals surface area contributed by atoms with Crippen LogP contribution in [0.5, 0.6) is 0 Å². The second-order valence-corrected chi connectivity index (χ2v) is 6.07. The molecule has 1 aliphatic heterocycles. The molecule has 0 spiro atoms. The number of hydrogen-bond acceptors (Lipinski definition) is 4. The SMILES string of the molecule is CN(C)c1ccc(-c2cncc(C(=O)NC3CCNC3)c2)cc1.Cl.Cl. The van der Waals surface area contributed by atoms with E-state index in [0.29, 0.717) is 5.56 Å². The maximum atomic E-state index is 12.3. The average Bonchev–Trinajstić information content (AvgIpc) is 3.08. The first-order valence-corrected chi connectivity index (χ1v) is 7.88. The normalized spacial score (nSPS) is 15.7. The van der Waals surface area contributed by atoms with Crippen LogP contribution in [0.15, 0.2) is 42.7 Å². The van der Waals surface area contributed by atoms with E-state index in [4.69, 9.17) is 0 Å². The van der Waals surface area contributed by atoms with Gasteiger partial charge in [-0.05, 0) is 36.7 Å². The van der Waals surface area contributed by atoms with Crippen LogP contribution in [0, 0.1) is 0 Å². The molecule has 3 rings (SSSR count). The lowest BCUT2D eigenvalue weighted by Gasteiger charge is -2.13. The minimum absolute atomic E-state index is 0. The molecule has 2 N–H and O–H groups in total. The Kier molecular flexibility index (Phi) is 8.16. The largest absolute Gasteiger partial charge is 0.378 e. The minimum atomic E-state index is -0.0574. The Bertz CT molecular complexity index is 686. The van der Waals surface area contributed by atoms with Gasteiger partial charge in [-0.15, -0.1) is 24.8 Å². The number of carbonyl (C=O) groups excluding carboxylic acids is 1. The van der Waals surface area contributed by atoms with Crippen LogP contribution < -0.4 is 15.5 Å². The molecule has 136 valence electrons. The molecule has 1 saturated heterocycles. The summed E-state index contributed by atoms with van der Waals surface area (Å²) in [7, 11) is 4.03. The van der Waals surface area contributed by atoms with E-state index in [1.807, 2.05) is 20.2 Å². The summed E-state index contributed by atoms with van der Waals surface area (Å²) < 4.78 is 0. The third kappa shape index (κ3) is 5.33. The van der Waals surface area contributed by atoms with Crippen LogP contribution in [-0.4, -0.2) is 44.1 Å². The molecule has 1 aliphatic rings. The van der Waals surface area contributed by atoms with Crippen molar-refractivity contribution in [3.8, 4) is 11.1 Å². The zero-order valence-corrected chi connectivity index (χ0v) is 16.0. The van der Waals surface area contributed by atoms with Crippen LogP contribution in [0.2, 0.25) is 0 Å². The number of benzene rings is 1. The van der Waals surface area contributed by atoms with Crippen molar-refractivity contribution in [2.45, 2.75) is 12.5 Å². The molecule has 25 heavy (non-hydrogen) atoms. The molecule has 1 amide bonds. The van der Waals surface area contributed by atoms with E-state index in [9.17, 15) is 4.79 Å². The monoisotopic (exact) mass is 382 g/mol. The van der Waals surface area contributed by atoms with Gasteiger partial charge in [0.15, 0.2) is 0 Å². The molecule has 0 bridgehead atoms. The van der Waals surface area contributed by atoms with Gasteiger partial charge in [0.25, 0.3) is 5.91 Å². The number of aromatic nitrogens is 1. The fourth-order valence-corrected chi connectivity index (χ4v) is 2.72. The summed E-state index contributed by atoms with van der Waals surface area (Å²) >= 11 is 0. The van der Waals surface area contributed by atoms with Gasteiger partial charge in [-0.2, -0.15) is 0 Å². The van der Waals surface area contributed by atoms with Crippen molar-refractivity contribution < 1.29 is 4.79 Å². The third-order valence-corrected chi connectivity index (χ3v) is 4.11. The number of nitrogens with one attached hydrogen (secondary N) is 2. The molecular formula is C18H24Cl2N4O. The number of rotatable bonds is 4. The van der Waals surface area contributed by atoms with Crippen molar-refractivity contribution in [3.63, 3.8) is 0 Å². The zero-order chi connectivity index (χ0) is 16.2. The van der Waals surface area contributed by atoms with E-state index >= 15 is 0 Å². The van der Waals surface area contributed by atoms with E-state index in [2.05, 4.69) is 44.8 Å². The molecule has 0 radical (unpaired) electrons. The molecule has 5 nitrogen and oxygen atoms in total. The number of anilines is 1. The fraction of sp³-hybridized carbons (Fsp3) is 0.333. The topological polar surface area (TPSA) is 57.3 Å². The van der Waals surface area contributed by atoms with Gasteiger partial charge < -0.3 is 15.5 Å². The second kappa shape index (κ2) is 9.61. The predicted octanol–water partition coefficient (Wildman–Crippen LogP) is 2.75. The van der Waals surface area contributed by atoms with Gasteiger partial charge in [0.05, 0.1) is 5.56 Å². The zero-order valence-electron chi connectivity index (χ0n) is 14.4. The summed E-state index contributed by atoms with van der Waals surface area (Å²) in [5.41, 5.74) is 3.75. The van der Waals surface area contributed by atoms with Crippen LogP contribution in [0.3, 0.4) is 0 Å². The first kappa shape index (κ1) is 21.2. The Morgan fingerprint density at radius 1 is 1.16 bits per heavy atom. The Morgan fingerprint density at radius 3 is 2.48 bits per heavy atom. The molecular weight excluding hydrogens is 359 g/mol. The van der Waals surface area contributed by atoms with E-state index in [1.54, 1.807) is 12.4 Å². The van der Waals surface area contributed by atoms with Crippen LogP contribution >= 0.6 is 24.8 Å². The molecule has 2 aromatic rings. The van der Waals surface area contributed by atoms with Gasteiger partial charge >= 0.3 is 0 Å². The highest BCUT2D eigenvalue weighted by Crippen LogP contribution is 2.22. The quantitative estimate of drug-likeness (QED) is 0.853. The average molecular weight is 383 g/mol. The van der Waals surface area contributed by atoms with Crippen LogP contribution in [0.25, 0.3) is 11.1 Å². The first-order chi connectivity index (χ1) is 11.1. The van der Waals surface area contributed by atoms with Crippen molar-refractivity contribution >= 4 is 36.4 Å². The van der Waals surface area contributed by atoms with Crippen molar-refractivity contribution in [2.75, 3.05) is 32.1 Å². The molecule has 0 aliphatic carbocycles. The predicted molar refractivity (Wildman–Crippen MR) is 107 cm³/mol. The molecule has 0 saturated carbocycles. The standard InChI is InChI=1S/C18H22N4O.2ClH/c1-22(2)17-5-3-13(4-6-17)14-9-15(11-20-10-14)18(23)21-16-7-8-19-12-16;;/h3-6,9-11,16,19H,7-8,12H2,1-2H3,(H,21,23);2*1H. The van der Waals surface area contributed by atoms with Crippen LogP contribution in [0.1, 0.15) is 16.8 Å². The molecule has 1 aromatic carbocycles. The summed E-state index contributed by atoms with van der Waals surface area (Å²) in [6, 6.07) is 10.3.